The molecule has 1 unspecified atom stereocenters. The van der Waals surface area contributed by atoms with Crippen LogP contribution in [0.4, 0.5) is 0 Å². The fourth-order valence-electron chi connectivity index (χ4n) is 2.47. The molecule has 1 aromatic heterocycles. The first-order valence-corrected chi connectivity index (χ1v) is 7.60. The third-order valence-electron chi connectivity index (χ3n) is 3.34. The van der Waals surface area contributed by atoms with E-state index in [0.29, 0.717) is 0 Å². The summed E-state index contributed by atoms with van der Waals surface area (Å²) >= 11 is 0. The molecular weight excluding hydrogens is 264 g/mol. The van der Waals surface area contributed by atoms with Crippen LogP contribution in [-0.4, -0.2) is 5.11 Å². The summed E-state index contributed by atoms with van der Waals surface area (Å²) < 4.78 is 1.29. The van der Waals surface area contributed by atoms with Gasteiger partial charge in [-0.15, -0.1) is 0 Å². The van der Waals surface area contributed by atoms with Crippen LogP contribution < -0.4 is 0 Å². The van der Waals surface area contributed by atoms with Crippen molar-refractivity contribution in [2.24, 2.45) is 0 Å². The highest BCUT2D eigenvalue weighted by Gasteiger charge is 2.25. The largest absolute Gasteiger partial charge is 0.508 e. The zero-order chi connectivity index (χ0) is 14.1. The maximum Gasteiger partial charge on any atom is 0.187 e. The number of phenols is 1. The van der Waals surface area contributed by atoms with Crippen LogP contribution in [0.3, 0.4) is 0 Å². The molecule has 0 aliphatic carbocycles. The maximum atomic E-state index is 9.47. The summed E-state index contributed by atoms with van der Waals surface area (Å²) in [6.07, 6.45) is 3.83. The normalized spacial score (nSPS) is 11.5. The van der Waals surface area contributed by atoms with Crippen molar-refractivity contribution >= 4 is 32.7 Å². The van der Waals surface area contributed by atoms with E-state index in [0.717, 1.165) is 5.56 Å². The highest BCUT2D eigenvalue weighted by atomic mass is 32.2. The summed E-state index contributed by atoms with van der Waals surface area (Å²) in [6, 6.07) is 15.8. The molecule has 1 nitrogen and oxygen atoms in total. The third kappa shape index (κ3) is 1.86. The third-order valence-corrected chi connectivity index (χ3v) is 5.71. The molecule has 2 heteroatoms. The fraction of sp³-hybridized carbons (Fsp3) is 0. The zero-order valence-corrected chi connectivity index (χ0v) is 11.9. The molecule has 0 saturated carbocycles. The molecule has 1 N–H and O–H groups in total. The number of hydrogen-bond acceptors (Lipinski definition) is 1. The topological polar surface area (TPSA) is 20.2 Å². The molecule has 98 valence electrons. The Balaban J connectivity index is 2.42. The van der Waals surface area contributed by atoms with Gasteiger partial charge in [0.25, 0.3) is 0 Å². The highest BCUT2D eigenvalue weighted by molar-refractivity contribution is 7.46. The predicted molar refractivity (Wildman–Crippen MR) is 89.6 cm³/mol. The maximum absolute atomic E-state index is 9.47. The molecule has 0 spiro atoms. The number of fused-ring (bicyclic) bond motifs is 1. The Morgan fingerprint density at radius 2 is 1.60 bits per heavy atom. The number of benzene rings is 2. The van der Waals surface area contributed by atoms with E-state index in [9.17, 15) is 5.11 Å². The first-order valence-electron chi connectivity index (χ1n) is 6.38. The van der Waals surface area contributed by atoms with E-state index in [1.54, 1.807) is 12.1 Å². The molecule has 0 saturated heterocycles. The van der Waals surface area contributed by atoms with Gasteiger partial charge in [-0.05, 0) is 30.3 Å². The van der Waals surface area contributed by atoms with Crippen molar-refractivity contribution in [2.45, 2.75) is 0 Å². The van der Waals surface area contributed by atoms with E-state index in [-0.39, 0.29) is 16.2 Å². The molecule has 0 amide bonds. The summed E-state index contributed by atoms with van der Waals surface area (Å²) in [6.45, 7) is 7.91. The number of phenolic OH excluding ortho intramolecular Hbond substituents is 1. The van der Waals surface area contributed by atoms with Crippen molar-refractivity contribution in [3.63, 3.8) is 0 Å². The molecule has 3 rings (SSSR count). The van der Waals surface area contributed by atoms with Gasteiger partial charge in [0.1, 0.15) is 5.75 Å². The SMILES string of the molecule is C=Cc1c(C=C)[s+](-c2ccc(O)cc2)c2ccccc12. The van der Waals surface area contributed by atoms with Gasteiger partial charge in [0, 0.05) is 33.6 Å². The molecule has 1 atom stereocenters. The molecule has 3 aromatic rings. The van der Waals surface area contributed by atoms with Crippen LogP contribution >= 0.6 is 10.5 Å². The van der Waals surface area contributed by atoms with Crippen LogP contribution in [0, 0.1) is 0 Å². The van der Waals surface area contributed by atoms with Crippen LogP contribution in [0.25, 0.3) is 27.1 Å². The fourth-order valence-corrected chi connectivity index (χ4v) is 4.81. The molecule has 0 bridgehead atoms. The minimum Gasteiger partial charge on any atom is -0.508 e. The van der Waals surface area contributed by atoms with Gasteiger partial charge < -0.3 is 5.11 Å². The second-order valence-electron chi connectivity index (χ2n) is 4.48. The van der Waals surface area contributed by atoms with E-state index in [2.05, 4.69) is 31.4 Å². The lowest BCUT2D eigenvalue weighted by molar-refractivity contribution is 0.475. The van der Waals surface area contributed by atoms with Crippen LogP contribution in [0.2, 0.25) is 0 Å². The monoisotopic (exact) mass is 279 g/mol. The zero-order valence-electron chi connectivity index (χ0n) is 11.0. The lowest BCUT2D eigenvalue weighted by Crippen LogP contribution is -1.73. The quantitative estimate of drug-likeness (QED) is 0.621. The standard InChI is InChI=1S/C18H14OS/c1-3-15-16-7-5-6-8-18(16)20(17(15)4-2)14-11-9-13(19)10-12-14/h3-12H,1-2H2/p+1. The average molecular weight is 279 g/mol. The lowest BCUT2D eigenvalue weighted by Gasteiger charge is -1.95. The Hall–Kier alpha value is -2.32. The van der Waals surface area contributed by atoms with Crippen LogP contribution in [0.1, 0.15) is 10.4 Å². The van der Waals surface area contributed by atoms with Crippen molar-refractivity contribution in [2.75, 3.05) is 0 Å². The molecule has 20 heavy (non-hydrogen) atoms. The Morgan fingerprint density at radius 1 is 0.900 bits per heavy atom. The molecular formula is C18H15OS+. The summed E-state index contributed by atoms with van der Waals surface area (Å²) in [7, 11) is -0.162. The number of aromatic hydroxyl groups is 1. The average Bonchev–Trinajstić information content (AvgIpc) is 2.81. The second kappa shape index (κ2) is 4.99. The van der Waals surface area contributed by atoms with E-state index in [1.165, 1.54) is 19.9 Å². The summed E-state index contributed by atoms with van der Waals surface area (Å²) in [5.74, 6) is 0.290. The van der Waals surface area contributed by atoms with E-state index in [4.69, 9.17) is 0 Å². The molecule has 1 heterocycles. The van der Waals surface area contributed by atoms with Gasteiger partial charge in [0.05, 0.1) is 0 Å². The van der Waals surface area contributed by atoms with Gasteiger partial charge in [0.15, 0.2) is 14.5 Å². The van der Waals surface area contributed by atoms with Gasteiger partial charge in [-0.3, -0.25) is 0 Å². The number of thiophene rings is 1. The van der Waals surface area contributed by atoms with Gasteiger partial charge in [-0.2, -0.15) is 0 Å². The van der Waals surface area contributed by atoms with Crippen molar-refractivity contribution < 1.29 is 5.11 Å². The van der Waals surface area contributed by atoms with Crippen molar-refractivity contribution in [3.8, 4) is 10.6 Å². The number of hydrogen-bond donors (Lipinski definition) is 1. The van der Waals surface area contributed by atoms with E-state index >= 15 is 0 Å². The second-order valence-corrected chi connectivity index (χ2v) is 6.45. The van der Waals surface area contributed by atoms with Gasteiger partial charge in [0.2, 0.25) is 0 Å². The van der Waals surface area contributed by atoms with Gasteiger partial charge in [-0.1, -0.05) is 31.4 Å². The minimum absolute atomic E-state index is 0.162. The van der Waals surface area contributed by atoms with Crippen molar-refractivity contribution in [1.29, 1.82) is 0 Å². The van der Waals surface area contributed by atoms with Gasteiger partial charge in [-0.25, -0.2) is 0 Å². The molecule has 0 aliphatic heterocycles. The lowest BCUT2D eigenvalue weighted by atomic mass is 10.1. The molecule has 0 fully saturated rings. The van der Waals surface area contributed by atoms with Crippen molar-refractivity contribution in [1.82, 2.24) is 0 Å². The van der Waals surface area contributed by atoms with Gasteiger partial charge >= 0.3 is 0 Å². The van der Waals surface area contributed by atoms with Crippen LogP contribution in [0.15, 0.2) is 61.7 Å². The smallest absolute Gasteiger partial charge is 0.187 e. The Morgan fingerprint density at radius 3 is 2.25 bits per heavy atom. The first-order chi connectivity index (χ1) is 9.76. The number of rotatable bonds is 3. The van der Waals surface area contributed by atoms with Crippen LogP contribution in [0.5, 0.6) is 5.75 Å². The van der Waals surface area contributed by atoms with Crippen molar-refractivity contribution in [3.05, 3.63) is 72.1 Å². The first kappa shape index (κ1) is 12.7. The Kier molecular flexibility index (Phi) is 3.17. The molecule has 0 radical (unpaired) electrons. The summed E-state index contributed by atoms with van der Waals surface area (Å²) in [5, 5.41) is 10.7. The van der Waals surface area contributed by atoms with E-state index < -0.39 is 0 Å². The van der Waals surface area contributed by atoms with E-state index in [1.807, 2.05) is 30.4 Å². The summed E-state index contributed by atoms with van der Waals surface area (Å²) in [4.78, 5) is 2.38. The highest BCUT2D eigenvalue weighted by Crippen LogP contribution is 2.47. The molecule has 2 aromatic carbocycles. The Bertz CT molecular complexity index is 794. The molecule has 0 aliphatic rings. The van der Waals surface area contributed by atoms with Crippen LogP contribution in [-0.2, 0) is 0 Å². The predicted octanol–water partition coefficient (Wildman–Crippen LogP) is 5.57. The summed E-state index contributed by atoms with van der Waals surface area (Å²) in [5.41, 5.74) is 1.16. The Labute approximate surface area is 121 Å². The minimum atomic E-state index is -0.162.